The standard InChI is InChI=1S/C21H24N4O4S/c1-24-11-13-25(14-12-24)30(27,28)18-9-7-17(8-10-18)22-21(26)19-15-20(29-23-19)16-5-3-2-4-6-16/h2-10,20H,11-15H2,1H3,(H,22,26). The summed E-state index contributed by atoms with van der Waals surface area (Å²) < 4.78 is 27.1. The molecule has 1 N–H and O–H groups in total. The highest BCUT2D eigenvalue weighted by Crippen LogP contribution is 2.27. The lowest BCUT2D eigenvalue weighted by molar-refractivity contribution is -0.110. The van der Waals surface area contributed by atoms with Crippen molar-refractivity contribution in [1.29, 1.82) is 0 Å². The number of benzene rings is 2. The highest BCUT2D eigenvalue weighted by Gasteiger charge is 2.29. The summed E-state index contributed by atoms with van der Waals surface area (Å²) in [5.74, 6) is -0.358. The van der Waals surface area contributed by atoms with E-state index in [4.69, 9.17) is 4.84 Å². The van der Waals surface area contributed by atoms with E-state index in [0.717, 1.165) is 5.56 Å². The van der Waals surface area contributed by atoms with E-state index in [1.807, 2.05) is 37.4 Å². The average molecular weight is 429 g/mol. The molecular weight excluding hydrogens is 404 g/mol. The van der Waals surface area contributed by atoms with E-state index < -0.39 is 10.0 Å². The van der Waals surface area contributed by atoms with Gasteiger partial charge in [0.05, 0.1) is 4.90 Å². The van der Waals surface area contributed by atoms with Crippen molar-refractivity contribution in [2.45, 2.75) is 17.4 Å². The van der Waals surface area contributed by atoms with E-state index in [1.54, 1.807) is 12.1 Å². The Balaban J connectivity index is 1.37. The molecular formula is C21H24N4O4S. The maximum absolute atomic E-state index is 12.8. The van der Waals surface area contributed by atoms with Crippen LogP contribution in [0, 0.1) is 0 Å². The molecule has 8 nitrogen and oxygen atoms in total. The van der Waals surface area contributed by atoms with Crippen molar-refractivity contribution in [3.63, 3.8) is 0 Å². The Labute approximate surface area is 176 Å². The van der Waals surface area contributed by atoms with Gasteiger partial charge >= 0.3 is 0 Å². The summed E-state index contributed by atoms with van der Waals surface area (Å²) >= 11 is 0. The van der Waals surface area contributed by atoms with E-state index in [-0.39, 0.29) is 16.9 Å². The molecule has 0 saturated carbocycles. The van der Waals surface area contributed by atoms with Gasteiger partial charge in [-0.2, -0.15) is 4.31 Å². The molecule has 2 aromatic rings. The number of piperazine rings is 1. The van der Waals surface area contributed by atoms with Crippen LogP contribution in [0.4, 0.5) is 5.69 Å². The number of oxime groups is 1. The van der Waals surface area contributed by atoms with Gasteiger partial charge in [-0.3, -0.25) is 4.79 Å². The van der Waals surface area contributed by atoms with Crippen LogP contribution in [-0.4, -0.2) is 62.5 Å². The fraction of sp³-hybridized carbons (Fsp3) is 0.333. The van der Waals surface area contributed by atoms with Crippen molar-refractivity contribution < 1.29 is 18.0 Å². The summed E-state index contributed by atoms with van der Waals surface area (Å²) in [5, 5.41) is 6.67. The first kappa shape index (κ1) is 20.5. The molecule has 0 aromatic heterocycles. The van der Waals surface area contributed by atoms with Gasteiger partial charge in [0, 0.05) is 38.3 Å². The zero-order valence-electron chi connectivity index (χ0n) is 16.7. The number of nitrogens with one attached hydrogen (secondary N) is 1. The molecule has 1 atom stereocenters. The third-order valence-electron chi connectivity index (χ3n) is 5.31. The highest BCUT2D eigenvalue weighted by atomic mass is 32.2. The summed E-state index contributed by atoms with van der Waals surface area (Å²) in [7, 11) is -1.56. The monoisotopic (exact) mass is 428 g/mol. The van der Waals surface area contributed by atoms with Crippen LogP contribution >= 0.6 is 0 Å². The van der Waals surface area contributed by atoms with Crippen molar-refractivity contribution in [3.8, 4) is 0 Å². The Bertz CT molecular complexity index is 1030. The third-order valence-corrected chi connectivity index (χ3v) is 7.23. The number of anilines is 1. The van der Waals surface area contributed by atoms with Crippen LogP contribution in [-0.2, 0) is 19.7 Å². The quantitative estimate of drug-likeness (QED) is 0.787. The fourth-order valence-electron chi connectivity index (χ4n) is 3.45. The molecule has 2 aromatic carbocycles. The van der Waals surface area contributed by atoms with Crippen molar-refractivity contribution in [2.24, 2.45) is 5.16 Å². The summed E-state index contributed by atoms with van der Waals surface area (Å²) in [6, 6.07) is 15.8. The lowest BCUT2D eigenvalue weighted by atomic mass is 10.0. The second kappa shape index (κ2) is 8.55. The van der Waals surface area contributed by atoms with Gasteiger partial charge in [0.25, 0.3) is 5.91 Å². The second-order valence-corrected chi connectivity index (χ2v) is 9.37. The summed E-state index contributed by atoms with van der Waals surface area (Å²) in [6.45, 7) is 2.36. The number of carbonyl (C=O) groups is 1. The van der Waals surface area contributed by atoms with E-state index >= 15 is 0 Å². The molecule has 0 spiro atoms. The number of hydrogen-bond donors (Lipinski definition) is 1. The lowest BCUT2D eigenvalue weighted by Gasteiger charge is -2.31. The second-order valence-electron chi connectivity index (χ2n) is 7.43. The maximum atomic E-state index is 12.8. The predicted molar refractivity (Wildman–Crippen MR) is 114 cm³/mol. The normalized spacial score (nSPS) is 20.4. The smallest absolute Gasteiger partial charge is 0.273 e. The van der Waals surface area contributed by atoms with Crippen LogP contribution < -0.4 is 5.32 Å². The Kier molecular flexibility index (Phi) is 5.85. The Morgan fingerprint density at radius 2 is 1.70 bits per heavy atom. The number of hydrogen-bond acceptors (Lipinski definition) is 6. The summed E-state index contributed by atoms with van der Waals surface area (Å²) in [6.07, 6.45) is 0.106. The summed E-state index contributed by atoms with van der Waals surface area (Å²) in [5.41, 5.74) is 1.77. The average Bonchev–Trinajstić information content (AvgIpc) is 3.26. The molecule has 1 saturated heterocycles. The van der Waals surface area contributed by atoms with Gasteiger partial charge in [0.15, 0.2) is 6.10 Å². The highest BCUT2D eigenvalue weighted by molar-refractivity contribution is 7.89. The molecule has 0 radical (unpaired) electrons. The molecule has 1 fully saturated rings. The van der Waals surface area contributed by atoms with Crippen LogP contribution in [0.5, 0.6) is 0 Å². The minimum absolute atomic E-state index is 0.218. The number of carbonyl (C=O) groups excluding carboxylic acids is 1. The number of nitrogens with zero attached hydrogens (tertiary/aromatic N) is 3. The molecule has 30 heavy (non-hydrogen) atoms. The first-order chi connectivity index (χ1) is 14.4. The third kappa shape index (κ3) is 4.38. The van der Waals surface area contributed by atoms with Gasteiger partial charge in [0.2, 0.25) is 10.0 Å². The van der Waals surface area contributed by atoms with Gasteiger partial charge in [-0.1, -0.05) is 35.5 Å². The van der Waals surface area contributed by atoms with E-state index in [9.17, 15) is 13.2 Å². The van der Waals surface area contributed by atoms with Crippen molar-refractivity contribution in [1.82, 2.24) is 9.21 Å². The van der Waals surface area contributed by atoms with Crippen molar-refractivity contribution in [2.75, 3.05) is 38.5 Å². The SMILES string of the molecule is CN1CCN(S(=O)(=O)c2ccc(NC(=O)C3=NOC(c4ccccc4)C3)cc2)CC1. The van der Waals surface area contributed by atoms with Gasteiger partial charge in [-0.05, 0) is 36.9 Å². The molecule has 2 aliphatic rings. The van der Waals surface area contributed by atoms with Crippen LogP contribution in [0.1, 0.15) is 18.1 Å². The van der Waals surface area contributed by atoms with E-state index in [1.165, 1.54) is 16.4 Å². The largest absolute Gasteiger partial charge is 0.387 e. The molecule has 0 bridgehead atoms. The van der Waals surface area contributed by atoms with Gasteiger partial charge in [-0.25, -0.2) is 8.42 Å². The minimum atomic E-state index is -3.53. The molecule has 4 rings (SSSR count). The van der Waals surface area contributed by atoms with E-state index in [0.29, 0.717) is 44.0 Å². The van der Waals surface area contributed by atoms with Crippen molar-refractivity contribution >= 4 is 27.3 Å². The molecule has 2 aliphatic heterocycles. The number of sulfonamides is 1. The number of likely N-dealkylation sites (N-methyl/N-ethyl adjacent to an activating group) is 1. The van der Waals surface area contributed by atoms with E-state index in [2.05, 4.69) is 15.4 Å². The fourth-order valence-corrected chi connectivity index (χ4v) is 4.87. The molecule has 9 heteroatoms. The van der Waals surface area contributed by atoms with Crippen LogP contribution in [0.15, 0.2) is 64.6 Å². The van der Waals surface area contributed by atoms with Gasteiger partial charge < -0.3 is 15.1 Å². The lowest BCUT2D eigenvalue weighted by Crippen LogP contribution is -2.46. The van der Waals surface area contributed by atoms with Gasteiger partial charge in [-0.15, -0.1) is 0 Å². The molecule has 0 aliphatic carbocycles. The zero-order valence-corrected chi connectivity index (χ0v) is 17.5. The molecule has 2 heterocycles. The zero-order chi connectivity index (χ0) is 21.1. The van der Waals surface area contributed by atoms with Crippen LogP contribution in [0.3, 0.4) is 0 Å². The molecule has 1 amide bonds. The number of amides is 1. The Morgan fingerprint density at radius 3 is 2.37 bits per heavy atom. The summed E-state index contributed by atoms with van der Waals surface area (Å²) in [4.78, 5) is 20.2. The Hall–Kier alpha value is -2.75. The van der Waals surface area contributed by atoms with Crippen LogP contribution in [0.2, 0.25) is 0 Å². The molecule has 1 unspecified atom stereocenters. The first-order valence-electron chi connectivity index (χ1n) is 9.81. The minimum Gasteiger partial charge on any atom is -0.387 e. The van der Waals surface area contributed by atoms with Crippen LogP contribution in [0.25, 0.3) is 0 Å². The number of rotatable bonds is 5. The topological polar surface area (TPSA) is 91.3 Å². The first-order valence-corrected chi connectivity index (χ1v) is 11.3. The van der Waals surface area contributed by atoms with Crippen molar-refractivity contribution in [3.05, 3.63) is 60.2 Å². The molecule has 158 valence electrons. The maximum Gasteiger partial charge on any atom is 0.273 e. The van der Waals surface area contributed by atoms with Gasteiger partial charge in [0.1, 0.15) is 5.71 Å². The predicted octanol–water partition coefficient (Wildman–Crippen LogP) is 2.08. The Morgan fingerprint density at radius 1 is 1.03 bits per heavy atom.